The monoisotopic (exact) mass is 336 g/mol. The van der Waals surface area contributed by atoms with Crippen LogP contribution in [0.1, 0.15) is 24.1 Å². The highest BCUT2D eigenvalue weighted by Crippen LogP contribution is 2.24. The number of carbonyl (C=O) groups is 1. The lowest BCUT2D eigenvalue weighted by Gasteiger charge is -2.28. The van der Waals surface area contributed by atoms with Gasteiger partial charge in [0.1, 0.15) is 6.04 Å². The molecule has 1 aromatic carbocycles. The number of rotatable bonds is 6. The zero-order valence-electron chi connectivity index (χ0n) is 11.3. The molecule has 0 spiro atoms. The highest BCUT2D eigenvalue weighted by atomic mass is 79.9. The molecule has 2 rings (SSSR count). The molecule has 0 aliphatic heterocycles. The van der Waals surface area contributed by atoms with E-state index in [1.807, 2.05) is 42.2 Å². The average Bonchev–Trinajstić information content (AvgIpc) is 2.92. The summed E-state index contributed by atoms with van der Waals surface area (Å²) in [6.45, 7) is 3.35. The van der Waals surface area contributed by atoms with E-state index in [4.69, 9.17) is 10.2 Å². The molecule has 2 N–H and O–H groups in total. The van der Waals surface area contributed by atoms with Gasteiger partial charge in [-0.05, 0) is 30.3 Å². The highest BCUT2D eigenvalue weighted by molar-refractivity contribution is 9.10. The molecule has 5 heteroatoms. The Morgan fingerprint density at radius 3 is 2.55 bits per heavy atom. The van der Waals surface area contributed by atoms with Crippen LogP contribution in [0.3, 0.4) is 0 Å². The molecule has 0 saturated heterocycles. The second-order valence-corrected chi connectivity index (χ2v) is 5.47. The first-order valence-electron chi connectivity index (χ1n) is 6.41. The van der Waals surface area contributed by atoms with Crippen molar-refractivity contribution in [3.8, 4) is 0 Å². The number of furan rings is 1. The first-order chi connectivity index (χ1) is 9.61. The fourth-order valence-corrected chi connectivity index (χ4v) is 2.47. The smallest absolute Gasteiger partial charge is 0.239 e. The molecular formula is C15H17BrN2O2. The molecule has 1 atom stereocenters. The maximum atomic E-state index is 11.9. The number of carbonyl (C=O) groups excluding carboxylic acids is 1. The largest absolute Gasteiger partial charge is 0.472 e. The summed E-state index contributed by atoms with van der Waals surface area (Å²) in [4.78, 5) is 13.9. The maximum Gasteiger partial charge on any atom is 0.239 e. The molecule has 0 unspecified atom stereocenters. The number of likely N-dealkylation sites (N-methyl/N-ethyl adjacent to an activating group) is 1. The van der Waals surface area contributed by atoms with E-state index in [1.54, 1.807) is 12.5 Å². The Labute approximate surface area is 126 Å². The minimum Gasteiger partial charge on any atom is -0.472 e. The molecule has 0 radical (unpaired) electrons. The number of halogens is 1. The lowest BCUT2D eigenvalue weighted by atomic mass is 10.0. The van der Waals surface area contributed by atoms with Gasteiger partial charge in [0.25, 0.3) is 0 Å². The van der Waals surface area contributed by atoms with E-state index in [0.717, 1.165) is 22.1 Å². The lowest BCUT2D eigenvalue weighted by Crippen LogP contribution is -2.37. The molecule has 1 amide bonds. The van der Waals surface area contributed by atoms with E-state index in [-0.39, 0.29) is 5.91 Å². The molecule has 0 aliphatic rings. The van der Waals surface area contributed by atoms with Crippen molar-refractivity contribution in [1.82, 2.24) is 4.90 Å². The lowest BCUT2D eigenvalue weighted by molar-refractivity contribution is -0.123. The van der Waals surface area contributed by atoms with E-state index < -0.39 is 6.04 Å². The zero-order chi connectivity index (χ0) is 14.5. The Bertz CT molecular complexity index is 552. The number of nitrogens with two attached hydrogens (primary N) is 1. The van der Waals surface area contributed by atoms with Crippen molar-refractivity contribution < 1.29 is 9.21 Å². The number of nitrogens with zero attached hydrogens (tertiary/aromatic N) is 1. The van der Waals surface area contributed by atoms with Gasteiger partial charge in [-0.15, -0.1) is 0 Å². The molecule has 0 fully saturated rings. The van der Waals surface area contributed by atoms with Crippen molar-refractivity contribution in [2.45, 2.75) is 19.5 Å². The molecule has 1 heterocycles. The van der Waals surface area contributed by atoms with E-state index in [2.05, 4.69) is 15.9 Å². The summed E-state index contributed by atoms with van der Waals surface area (Å²) in [6, 6.07) is 9.11. The predicted octanol–water partition coefficient (Wildman–Crippen LogP) is 3.09. The molecule has 4 nitrogen and oxygen atoms in total. The third-order valence-electron chi connectivity index (χ3n) is 3.19. The van der Waals surface area contributed by atoms with Gasteiger partial charge in [0.15, 0.2) is 0 Å². The second-order valence-electron chi connectivity index (χ2n) is 4.55. The quantitative estimate of drug-likeness (QED) is 0.881. The summed E-state index contributed by atoms with van der Waals surface area (Å²) in [5.41, 5.74) is 7.51. The number of amides is 1. The second kappa shape index (κ2) is 6.72. The molecule has 0 bridgehead atoms. The van der Waals surface area contributed by atoms with Crippen LogP contribution in [-0.4, -0.2) is 17.4 Å². The van der Waals surface area contributed by atoms with Crippen LogP contribution in [-0.2, 0) is 11.3 Å². The first-order valence-corrected chi connectivity index (χ1v) is 7.21. The van der Waals surface area contributed by atoms with Gasteiger partial charge >= 0.3 is 0 Å². The summed E-state index contributed by atoms with van der Waals surface area (Å²) in [5.74, 6) is -0.349. The van der Waals surface area contributed by atoms with E-state index in [0.29, 0.717) is 6.54 Å². The SMILES string of the molecule is CCN(Cc1ccoc1)[C@H](C(N)=O)c1ccc(Br)cc1. The number of hydrogen-bond acceptors (Lipinski definition) is 3. The molecule has 2 aromatic rings. The fraction of sp³-hybridized carbons (Fsp3) is 0.267. The normalized spacial score (nSPS) is 12.6. The minimum absolute atomic E-state index is 0.349. The van der Waals surface area contributed by atoms with Crippen LogP contribution in [0.4, 0.5) is 0 Å². The Morgan fingerprint density at radius 2 is 2.05 bits per heavy atom. The van der Waals surface area contributed by atoms with Crippen molar-refractivity contribution in [2.75, 3.05) is 6.54 Å². The van der Waals surface area contributed by atoms with Crippen LogP contribution in [0.25, 0.3) is 0 Å². The Morgan fingerprint density at radius 1 is 1.35 bits per heavy atom. The molecule has 0 saturated carbocycles. The van der Waals surface area contributed by atoms with Crippen LogP contribution in [0.15, 0.2) is 51.7 Å². The number of hydrogen-bond donors (Lipinski definition) is 1. The van der Waals surface area contributed by atoms with Crippen LogP contribution >= 0.6 is 15.9 Å². The maximum absolute atomic E-state index is 11.9. The fourth-order valence-electron chi connectivity index (χ4n) is 2.20. The van der Waals surface area contributed by atoms with Crippen LogP contribution in [0.2, 0.25) is 0 Å². The van der Waals surface area contributed by atoms with Crippen molar-refractivity contribution in [1.29, 1.82) is 0 Å². The van der Waals surface area contributed by atoms with Gasteiger partial charge in [-0.3, -0.25) is 9.69 Å². The third-order valence-corrected chi connectivity index (χ3v) is 3.72. The van der Waals surface area contributed by atoms with E-state index >= 15 is 0 Å². The van der Waals surface area contributed by atoms with Crippen LogP contribution in [0.5, 0.6) is 0 Å². The molecule has 106 valence electrons. The number of benzene rings is 1. The van der Waals surface area contributed by atoms with E-state index in [1.165, 1.54) is 0 Å². The minimum atomic E-state index is -0.442. The topological polar surface area (TPSA) is 59.5 Å². The van der Waals surface area contributed by atoms with Crippen molar-refractivity contribution in [2.24, 2.45) is 5.73 Å². The Hall–Kier alpha value is -1.59. The molecule has 0 aliphatic carbocycles. The summed E-state index contributed by atoms with van der Waals surface area (Å²) < 4.78 is 6.05. The van der Waals surface area contributed by atoms with Gasteiger partial charge in [0.05, 0.1) is 12.5 Å². The van der Waals surface area contributed by atoms with Crippen LogP contribution in [0, 0.1) is 0 Å². The molecule has 1 aromatic heterocycles. The Kier molecular flexibility index (Phi) is 4.98. The van der Waals surface area contributed by atoms with Gasteiger partial charge in [-0.1, -0.05) is 35.0 Å². The zero-order valence-corrected chi connectivity index (χ0v) is 12.8. The third kappa shape index (κ3) is 3.49. The standard InChI is InChI=1S/C15H17BrN2O2/c1-2-18(9-11-7-8-20-10-11)14(15(17)19)12-3-5-13(16)6-4-12/h3-8,10,14H,2,9H2,1H3,(H2,17,19)/t14-/m0/s1. The van der Waals surface area contributed by atoms with Gasteiger partial charge in [-0.2, -0.15) is 0 Å². The number of primary amides is 1. The average molecular weight is 337 g/mol. The highest BCUT2D eigenvalue weighted by Gasteiger charge is 2.24. The van der Waals surface area contributed by atoms with E-state index in [9.17, 15) is 4.79 Å². The van der Waals surface area contributed by atoms with Gasteiger partial charge in [-0.25, -0.2) is 0 Å². The predicted molar refractivity (Wildman–Crippen MR) is 80.9 cm³/mol. The van der Waals surface area contributed by atoms with Gasteiger partial charge in [0, 0.05) is 16.6 Å². The van der Waals surface area contributed by atoms with Crippen LogP contribution < -0.4 is 5.73 Å². The summed E-state index contributed by atoms with van der Waals surface area (Å²) >= 11 is 3.39. The first kappa shape index (κ1) is 14.8. The van der Waals surface area contributed by atoms with Crippen molar-refractivity contribution >= 4 is 21.8 Å². The van der Waals surface area contributed by atoms with Gasteiger partial charge < -0.3 is 10.2 Å². The van der Waals surface area contributed by atoms with Crippen molar-refractivity contribution in [3.05, 3.63) is 58.5 Å². The molecule has 20 heavy (non-hydrogen) atoms. The van der Waals surface area contributed by atoms with Crippen molar-refractivity contribution in [3.63, 3.8) is 0 Å². The summed E-state index contributed by atoms with van der Waals surface area (Å²) in [7, 11) is 0. The van der Waals surface area contributed by atoms with Gasteiger partial charge in [0.2, 0.25) is 5.91 Å². The summed E-state index contributed by atoms with van der Waals surface area (Å²) in [5, 5.41) is 0. The molecular weight excluding hydrogens is 320 g/mol. The Balaban J connectivity index is 2.25. The summed E-state index contributed by atoms with van der Waals surface area (Å²) in [6.07, 6.45) is 3.31.